The number of allylic oxidation sites excluding steroid dienone is 10. The molecule has 0 aromatic heterocycles. The minimum atomic E-state index is -1.80. The van der Waals surface area contributed by atoms with Crippen LogP contribution in [-0.4, -0.2) is 123 Å². The monoisotopic (exact) mass is 858 g/mol. The number of carbonyl (C=O) groups excluding carboxylic acids is 2. The number of piperidine rings is 1. The van der Waals surface area contributed by atoms with Gasteiger partial charge in [-0.3, -0.25) is 4.79 Å². The second-order valence-electron chi connectivity index (χ2n) is 18.7. The largest absolute Gasteiger partial charge is 0.455 e. The van der Waals surface area contributed by atoms with Crippen LogP contribution < -0.4 is 0 Å². The summed E-state index contributed by atoms with van der Waals surface area (Å²) in [6.07, 6.45) is 24.8. The van der Waals surface area contributed by atoms with Crippen LogP contribution in [0.4, 0.5) is 0 Å². The highest BCUT2D eigenvalue weighted by Crippen LogP contribution is 2.80. The molecular weight excluding hydrogens is 787 g/mol. The minimum absolute atomic E-state index is 0.115. The van der Waals surface area contributed by atoms with Crippen molar-refractivity contribution in [2.24, 2.45) is 34.5 Å². The van der Waals surface area contributed by atoms with Gasteiger partial charge in [0.1, 0.15) is 23.9 Å². The molecule has 1 heterocycles. The fourth-order valence-corrected chi connectivity index (χ4v) is 14.0. The Morgan fingerprint density at radius 1 is 0.839 bits per heavy atom. The number of aliphatic hydroxyl groups excluding tert-OH is 1. The van der Waals surface area contributed by atoms with Crippen molar-refractivity contribution < 1.29 is 48.2 Å². The van der Waals surface area contributed by atoms with Crippen LogP contribution in [0.15, 0.2) is 91.1 Å². The minimum Gasteiger partial charge on any atom is -0.455 e. The highest BCUT2D eigenvalue weighted by Gasteiger charge is 2.91. The number of likely N-dealkylation sites (tertiary alicyclic amines) is 1. The standard InChI is InChI=1S/C51H71NO10/c1-7-8-9-10-11-12-13-14-15-16-17-18-19-20-21-22-26-29-38(53)62-51-39-36(32-49(56,46(60-6)44(51)54)45(39)61-47(55)35-27-24-23-25-28-35)50-37(58-4)30-31-48(34-57-3)33-52(2)43(50)40(51)41(59-5)42(48)50/h8-9,11-12,14-15,17-18,20-21,23-25,27-28,36-37,39-46,54,56H,7,10,13,16,19,22,26,29-34H2,1-6H3/b9-8-,12-11-,15-14-,18-17-,21-20-/t36-,37+,39-,40+,41+,42-,43?,44+,45-,46+,48+,49-,50+,51-/m1/s1. The van der Waals surface area contributed by atoms with Crippen LogP contribution in [0.1, 0.15) is 87.9 Å². The number of unbranched alkanes of at least 4 members (excludes halogenated alkanes) is 1. The molecule has 340 valence electrons. The maximum absolute atomic E-state index is 14.5. The molecule has 11 nitrogen and oxygen atoms in total. The van der Waals surface area contributed by atoms with Gasteiger partial charge in [0.25, 0.3) is 0 Å². The number of fused-ring (bicyclic) bond motifs is 2. The van der Waals surface area contributed by atoms with Crippen molar-refractivity contribution in [1.82, 2.24) is 4.90 Å². The summed E-state index contributed by atoms with van der Waals surface area (Å²) in [5, 5.41) is 26.0. The van der Waals surface area contributed by atoms with Crippen molar-refractivity contribution in [2.75, 3.05) is 48.6 Å². The predicted molar refractivity (Wildman–Crippen MR) is 237 cm³/mol. The van der Waals surface area contributed by atoms with Crippen molar-refractivity contribution in [3.63, 3.8) is 0 Å². The summed E-state index contributed by atoms with van der Waals surface area (Å²) in [6, 6.07) is 8.44. The summed E-state index contributed by atoms with van der Waals surface area (Å²) in [6.45, 7) is 3.35. The third kappa shape index (κ3) is 7.71. The van der Waals surface area contributed by atoms with Gasteiger partial charge in [0.05, 0.1) is 24.4 Å². The molecule has 5 aliphatic carbocycles. The first-order chi connectivity index (χ1) is 30.1. The molecule has 1 aromatic rings. The van der Waals surface area contributed by atoms with Crippen molar-refractivity contribution in [2.45, 2.75) is 125 Å². The van der Waals surface area contributed by atoms with Gasteiger partial charge < -0.3 is 43.5 Å². The third-order valence-electron chi connectivity index (χ3n) is 15.6. The van der Waals surface area contributed by atoms with E-state index >= 15 is 0 Å². The molecular formula is C51H71NO10. The Balaban J connectivity index is 1.15. The summed E-state index contributed by atoms with van der Waals surface area (Å²) in [4.78, 5) is 30.9. The lowest BCUT2D eigenvalue weighted by atomic mass is 9.43. The lowest BCUT2D eigenvalue weighted by molar-refractivity contribution is -0.317. The van der Waals surface area contributed by atoms with E-state index in [1.165, 1.54) is 7.11 Å². The van der Waals surface area contributed by atoms with Crippen LogP contribution in [0, 0.1) is 34.5 Å². The number of benzene rings is 1. The molecule has 7 rings (SSSR count). The van der Waals surface area contributed by atoms with E-state index in [1.807, 2.05) is 6.07 Å². The first-order valence-corrected chi connectivity index (χ1v) is 23.0. The van der Waals surface area contributed by atoms with E-state index in [2.05, 4.69) is 79.6 Å². The Hall–Kier alpha value is -3.42. The number of aliphatic hydroxyl groups is 2. The summed E-state index contributed by atoms with van der Waals surface area (Å²) < 4.78 is 38.7. The van der Waals surface area contributed by atoms with Crippen molar-refractivity contribution in [3.8, 4) is 0 Å². The van der Waals surface area contributed by atoms with Crippen LogP contribution in [-0.2, 0) is 33.2 Å². The lowest BCUT2D eigenvalue weighted by Gasteiger charge is -2.69. The predicted octanol–water partition coefficient (Wildman–Crippen LogP) is 7.19. The SMILES string of the molecule is CC/C=C\C/C=C\C/C=C\C/C=C\C/C=C\CCCC(=O)O[C@]12[C@H]3[C@@H](OC(=O)c4ccccc4)[C@](O)(C[C@H]3[C@@]34C5[C@@H]1[C@H](OC)[C@@H]3[C@@](COC)(CC[C@@H]4OC)CN5C)[C@@H](OC)[C@@H]2O. The zero-order valence-corrected chi connectivity index (χ0v) is 37.7. The van der Waals surface area contributed by atoms with Crippen LogP contribution >= 0.6 is 0 Å². The molecule has 1 saturated heterocycles. The molecule has 0 radical (unpaired) electrons. The van der Waals surface area contributed by atoms with Crippen molar-refractivity contribution in [1.29, 1.82) is 0 Å². The third-order valence-corrected chi connectivity index (χ3v) is 15.6. The van der Waals surface area contributed by atoms with Crippen LogP contribution in [0.25, 0.3) is 0 Å². The molecule has 0 amide bonds. The fraction of sp³-hybridized carbons (Fsp3) is 0.647. The molecule has 62 heavy (non-hydrogen) atoms. The molecule has 11 heteroatoms. The first-order valence-electron chi connectivity index (χ1n) is 23.0. The van der Waals surface area contributed by atoms with Crippen LogP contribution in [0.3, 0.4) is 0 Å². The van der Waals surface area contributed by atoms with Gasteiger partial charge in [0.2, 0.25) is 0 Å². The van der Waals surface area contributed by atoms with Gasteiger partial charge in [0, 0.05) is 76.0 Å². The topological polar surface area (TPSA) is 133 Å². The van der Waals surface area contributed by atoms with Gasteiger partial charge in [-0.2, -0.15) is 0 Å². The first kappa shape index (κ1) is 46.6. The molecule has 1 spiro atoms. The van der Waals surface area contributed by atoms with E-state index in [1.54, 1.807) is 45.6 Å². The van der Waals surface area contributed by atoms with Crippen LogP contribution in [0.5, 0.6) is 0 Å². The number of ether oxygens (including phenoxy) is 6. The van der Waals surface area contributed by atoms with Crippen molar-refractivity contribution >= 4 is 11.9 Å². The Morgan fingerprint density at radius 3 is 2.08 bits per heavy atom. The second-order valence-corrected chi connectivity index (χ2v) is 18.7. The zero-order valence-electron chi connectivity index (χ0n) is 37.7. The van der Waals surface area contributed by atoms with E-state index in [9.17, 15) is 19.8 Å². The molecule has 1 unspecified atom stereocenters. The van der Waals surface area contributed by atoms with E-state index in [4.69, 9.17) is 28.4 Å². The average molecular weight is 858 g/mol. The number of rotatable bonds is 21. The highest BCUT2D eigenvalue weighted by atomic mass is 16.6. The Kier molecular flexibility index (Phi) is 14.8. The Bertz CT molecular complexity index is 1850. The number of hydrogen-bond acceptors (Lipinski definition) is 11. The maximum Gasteiger partial charge on any atom is 0.338 e. The summed E-state index contributed by atoms with van der Waals surface area (Å²) in [7, 11) is 8.74. The van der Waals surface area contributed by atoms with Gasteiger partial charge in [-0.15, -0.1) is 0 Å². The Morgan fingerprint density at radius 2 is 1.48 bits per heavy atom. The number of hydrogen-bond donors (Lipinski definition) is 2. The summed E-state index contributed by atoms with van der Waals surface area (Å²) in [5.74, 6) is -2.98. The van der Waals surface area contributed by atoms with Gasteiger partial charge in [-0.25, -0.2) is 4.79 Å². The van der Waals surface area contributed by atoms with Gasteiger partial charge in [-0.1, -0.05) is 85.9 Å². The Labute approximate surface area is 369 Å². The zero-order chi connectivity index (χ0) is 44.1. The number of nitrogens with zero attached hydrogens (tertiary/aromatic N) is 1. The summed E-state index contributed by atoms with van der Waals surface area (Å²) >= 11 is 0. The number of methoxy groups -OCH3 is 4. The van der Waals surface area contributed by atoms with Gasteiger partial charge >= 0.3 is 11.9 Å². The molecule has 1 aliphatic heterocycles. The molecule has 6 aliphatic rings. The van der Waals surface area contributed by atoms with E-state index in [0.717, 1.165) is 51.5 Å². The normalized spacial score (nSPS) is 39.5. The van der Waals surface area contributed by atoms with Gasteiger partial charge in [-0.05, 0) is 89.3 Å². The molecule has 5 saturated carbocycles. The molecule has 6 fully saturated rings. The number of esters is 2. The highest BCUT2D eigenvalue weighted by molar-refractivity contribution is 5.89. The molecule has 7 bridgehead atoms. The number of carbonyl (C=O) groups is 2. The molecule has 14 atom stereocenters. The van der Waals surface area contributed by atoms with Crippen molar-refractivity contribution in [3.05, 3.63) is 96.7 Å². The van der Waals surface area contributed by atoms with Crippen LogP contribution in [0.2, 0.25) is 0 Å². The quantitative estimate of drug-likeness (QED) is 0.0740. The van der Waals surface area contributed by atoms with E-state index in [0.29, 0.717) is 25.0 Å². The van der Waals surface area contributed by atoms with E-state index < -0.39 is 70.7 Å². The maximum atomic E-state index is 14.5. The average Bonchev–Trinajstić information content (AvgIpc) is 3.66. The second kappa shape index (κ2) is 19.8. The van der Waals surface area contributed by atoms with Gasteiger partial charge in [0.15, 0.2) is 5.60 Å². The fourth-order valence-electron chi connectivity index (χ4n) is 14.0. The lowest BCUT2D eigenvalue weighted by Crippen LogP contribution is -2.80. The van der Waals surface area contributed by atoms with E-state index in [-0.39, 0.29) is 36.3 Å². The molecule has 1 aromatic carbocycles. The summed E-state index contributed by atoms with van der Waals surface area (Å²) in [5.41, 5.74) is -4.09. The molecule has 2 N–H and O–H groups in total. The smallest absolute Gasteiger partial charge is 0.338 e.